The molecule has 2 aromatic rings. The third kappa shape index (κ3) is 2.08. The first kappa shape index (κ1) is 8.72. The summed E-state index contributed by atoms with van der Waals surface area (Å²) in [5.41, 5.74) is 0. The Balaban J connectivity index is 2.04. The molecule has 2 rings (SSSR count). The van der Waals surface area contributed by atoms with E-state index < -0.39 is 0 Å². The van der Waals surface area contributed by atoms with Gasteiger partial charge in [-0.3, -0.25) is 0 Å². The third-order valence-electron chi connectivity index (χ3n) is 1.74. The van der Waals surface area contributed by atoms with Crippen molar-refractivity contribution >= 4 is 27.8 Å². The minimum atomic E-state index is 0.353. The molecule has 0 aliphatic heterocycles. The number of hydrogen-bond acceptors (Lipinski definition) is 4. The van der Waals surface area contributed by atoms with E-state index in [9.17, 15) is 0 Å². The highest BCUT2D eigenvalue weighted by Gasteiger charge is 2.06. The number of aromatic nitrogens is 1. The number of thiazole rings is 1. The van der Waals surface area contributed by atoms with E-state index in [4.69, 9.17) is 0 Å². The summed E-state index contributed by atoms with van der Waals surface area (Å²) < 4.78 is 0. The lowest BCUT2D eigenvalue weighted by molar-refractivity contribution is 0.904. The fourth-order valence-electron chi connectivity index (χ4n) is 1.09. The van der Waals surface area contributed by atoms with Gasteiger partial charge >= 0.3 is 0 Å². The van der Waals surface area contributed by atoms with Crippen LogP contribution in [0, 0.1) is 0 Å². The highest BCUT2D eigenvalue weighted by Crippen LogP contribution is 2.23. The Morgan fingerprint density at radius 2 is 2.31 bits per heavy atom. The van der Waals surface area contributed by atoms with Gasteiger partial charge in [0.2, 0.25) is 0 Å². The SMILES string of the molecule is CC(Nc1nccs1)c1cccs1. The molecule has 1 unspecified atom stereocenters. The van der Waals surface area contributed by atoms with Gasteiger partial charge in [0.15, 0.2) is 5.13 Å². The highest BCUT2D eigenvalue weighted by molar-refractivity contribution is 7.13. The van der Waals surface area contributed by atoms with Crippen molar-refractivity contribution in [2.45, 2.75) is 13.0 Å². The van der Waals surface area contributed by atoms with Crippen molar-refractivity contribution < 1.29 is 0 Å². The monoisotopic (exact) mass is 210 g/mol. The van der Waals surface area contributed by atoms with Gasteiger partial charge < -0.3 is 5.32 Å². The van der Waals surface area contributed by atoms with Gasteiger partial charge in [0, 0.05) is 16.5 Å². The van der Waals surface area contributed by atoms with E-state index in [1.165, 1.54) is 4.88 Å². The van der Waals surface area contributed by atoms with Crippen LogP contribution in [-0.4, -0.2) is 4.98 Å². The second-order valence-electron chi connectivity index (χ2n) is 2.72. The lowest BCUT2D eigenvalue weighted by Gasteiger charge is -2.09. The van der Waals surface area contributed by atoms with E-state index in [1.807, 2.05) is 11.6 Å². The minimum absolute atomic E-state index is 0.353. The Labute approximate surface area is 85.3 Å². The van der Waals surface area contributed by atoms with Crippen LogP contribution in [0.3, 0.4) is 0 Å². The summed E-state index contributed by atoms with van der Waals surface area (Å²) >= 11 is 3.40. The smallest absolute Gasteiger partial charge is 0.183 e. The van der Waals surface area contributed by atoms with Crippen molar-refractivity contribution in [2.75, 3.05) is 5.32 Å². The Morgan fingerprint density at radius 1 is 1.38 bits per heavy atom. The zero-order valence-corrected chi connectivity index (χ0v) is 8.86. The van der Waals surface area contributed by atoms with Gasteiger partial charge in [0.1, 0.15) is 0 Å². The molecule has 0 amide bonds. The maximum Gasteiger partial charge on any atom is 0.183 e. The fourth-order valence-corrected chi connectivity index (χ4v) is 2.44. The van der Waals surface area contributed by atoms with Crippen LogP contribution in [0.4, 0.5) is 5.13 Å². The average molecular weight is 210 g/mol. The summed E-state index contributed by atoms with van der Waals surface area (Å²) in [6.45, 7) is 2.15. The Morgan fingerprint density at radius 3 is 2.92 bits per heavy atom. The molecule has 0 aromatic carbocycles. The maximum absolute atomic E-state index is 4.18. The number of nitrogens with one attached hydrogen (secondary N) is 1. The number of nitrogens with zero attached hydrogens (tertiary/aromatic N) is 1. The second kappa shape index (κ2) is 3.89. The molecule has 0 fully saturated rings. The number of thiophene rings is 1. The summed E-state index contributed by atoms with van der Waals surface area (Å²) in [5.74, 6) is 0. The number of rotatable bonds is 3. The topological polar surface area (TPSA) is 24.9 Å². The van der Waals surface area contributed by atoms with Crippen LogP contribution < -0.4 is 5.32 Å². The predicted octanol–water partition coefficient (Wildman–Crippen LogP) is 3.38. The summed E-state index contributed by atoms with van der Waals surface area (Å²) in [4.78, 5) is 5.52. The van der Waals surface area contributed by atoms with Crippen molar-refractivity contribution in [3.05, 3.63) is 34.0 Å². The molecule has 1 N–H and O–H groups in total. The second-order valence-corrected chi connectivity index (χ2v) is 4.59. The lowest BCUT2D eigenvalue weighted by Crippen LogP contribution is -2.03. The highest BCUT2D eigenvalue weighted by atomic mass is 32.1. The molecule has 1 atom stereocenters. The Bertz CT molecular complexity index is 340. The molecule has 2 nitrogen and oxygen atoms in total. The molecule has 0 aliphatic carbocycles. The average Bonchev–Trinajstić information content (AvgIpc) is 2.74. The molecule has 4 heteroatoms. The van der Waals surface area contributed by atoms with Gasteiger partial charge in [0.05, 0.1) is 6.04 Å². The van der Waals surface area contributed by atoms with Crippen molar-refractivity contribution in [2.24, 2.45) is 0 Å². The van der Waals surface area contributed by atoms with Crippen molar-refractivity contribution in [1.82, 2.24) is 4.98 Å². The molecule has 68 valence electrons. The lowest BCUT2D eigenvalue weighted by atomic mass is 10.3. The van der Waals surface area contributed by atoms with Crippen molar-refractivity contribution in [3.8, 4) is 0 Å². The number of hydrogen-bond donors (Lipinski definition) is 1. The van der Waals surface area contributed by atoms with E-state index in [0.29, 0.717) is 6.04 Å². The summed E-state index contributed by atoms with van der Waals surface area (Å²) in [5, 5.41) is 8.40. The third-order valence-corrected chi connectivity index (χ3v) is 3.50. The van der Waals surface area contributed by atoms with Gasteiger partial charge in [-0.1, -0.05) is 6.07 Å². The van der Waals surface area contributed by atoms with Gasteiger partial charge in [-0.2, -0.15) is 0 Å². The summed E-state index contributed by atoms with van der Waals surface area (Å²) in [6.07, 6.45) is 1.81. The van der Waals surface area contributed by atoms with Gasteiger partial charge in [-0.05, 0) is 18.4 Å². The van der Waals surface area contributed by atoms with Gasteiger partial charge in [0.25, 0.3) is 0 Å². The maximum atomic E-state index is 4.18. The minimum Gasteiger partial charge on any atom is -0.354 e. The van der Waals surface area contributed by atoms with E-state index in [-0.39, 0.29) is 0 Å². The molecule has 13 heavy (non-hydrogen) atoms. The molecule has 0 saturated carbocycles. The van der Waals surface area contributed by atoms with Crippen molar-refractivity contribution in [1.29, 1.82) is 0 Å². The Hall–Kier alpha value is -0.870. The predicted molar refractivity (Wildman–Crippen MR) is 58.5 cm³/mol. The standard InChI is InChI=1S/C9H10N2S2/c1-7(8-3-2-5-12-8)11-9-10-4-6-13-9/h2-7H,1H3,(H,10,11). The molecule has 0 aliphatic rings. The quantitative estimate of drug-likeness (QED) is 0.840. The molecule has 2 aromatic heterocycles. The molecule has 0 spiro atoms. The van der Waals surface area contributed by atoms with E-state index >= 15 is 0 Å². The van der Waals surface area contributed by atoms with Crippen LogP contribution in [0.15, 0.2) is 29.1 Å². The van der Waals surface area contributed by atoms with Crippen molar-refractivity contribution in [3.63, 3.8) is 0 Å². The van der Waals surface area contributed by atoms with Crippen LogP contribution in [0.1, 0.15) is 17.8 Å². The normalized spacial score (nSPS) is 12.7. The molecule has 0 saturated heterocycles. The van der Waals surface area contributed by atoms with Crippen LogP contribution >= 0.6 is 22.7 Å². The molecular weight excluding hydrogens is 200 g/mol. The first-order valence-electron chi connectivity index (χ1n) is 4.05. The summed E-state index contributed by atoms with van der Waals surface area (Å²) in [7, 11) is 0. The molecule has 0 radical (unpaired) electrons. The fraction of sp³-hybridized carbons (Fsp3) is 0.222. The van der Waals surface area contributed by atoms with Crippen LogP contribution in [-0.2, 0) is 0 Å². The van der Waals surface area contributed by atoms with E-state index in [1.54, 1.807) is 22.7 Å². The number of anilines is 1. The summed E-state index contributed by atoms with van der Waals surface area (Å²) in [6, 6.07) is 4.56. The van der Waals surface area contributed by atoms with Crippen LogP contribution in [0.25, 0.3) is 0 Å². The first-order chi connectivity index (χ1) is 6.36. The zero-order valence-electron chi connectivity index (χ0n) is 7.23. The van der Waals surface area contributed by atoms with E-state index in [0.717, 1.165) is 5.13 Å². The van der Waals surface area contributed by atoms with Gasteiger partial charge in [-0.15, -0.1) is 22.7 Å². The zero-order chi connectivity index (χ0) is 9.10. The van der Waals surface area contributed by atoms with E-state index in [2.05, 4.69) is 34.7 Å². The molecule has 0 bridgehead atoms. The van der Waals surface area contributed by atoms with Crippen LogP contribution in [0.5, 0.6) is 0 Å². The van der Waals surface area contributed by atoms with Gasteiger partial charge in [-0.25, -0.2) is 4.98 Å². The Kier molecular flexibility index (Phi) is 2.61. The molecule has 2 heterocycles. The first-order valence-corrected chi connectivity index (χ1v) is 5.81. The largest absolute Gasteiger partial charge is 0.354 e. The molecular formula is C9H10N2S2. The van der Waals surface area contributed by atoms with Crippen LogP contribution in [0.2, 0.25) is 0 Å².